The summed E-state index contributed by atoms with van der Waals surface area (Å²) in [6, 6.07) is 32.5. The van der Waals surface area contributed by atoms with Crippen molar-refractivity contribution in [3.63, 3.8) is 0 Å². The highest BCUT2D eigenvalue weighted by Crippen LogP contribution is 2.57. The van der Waals surface area contributed by atoms with Crippen molar-refractivity contribution in [1.29, 1.82) is 0 Å². The Bertz CT molecular complexity index is 921. The Morgan fingerprint density at radius 3 is 1.32 bits per heavy atom. The van der Waals surface area contributed by atoms with Crippen molar-refractivity contribution in [2.24, 2.45) is 23.7 Å². The fourth-order valence-electron chi connectivity index (χ4n) is 6.73. The highest BCUT2D eigenvalue weighted by Gasteiger charge is 2.55. The summed E-state index contributed by atoms with van der Waals surface area (Å²) in [5.41, 5.74) is 3.02. The normalized spacial score (nSPS) is 29.1. The van der Waals surface area contributed by atoms with Crippen LogP contribution in [0.2, 0.25) is 0 Å². The minimum Gasteiger partial charge on any atom is -0.356 e. The number of fused-ring (bicyclic) bond motifs is 5. The van der Waals surface area contributed by atoms with Crippen LogP contribution in [0, 0.1) is 23.7 Å². The molecule has 6 rings (SSSR count). The summed E-state index contributed by atoms with van der Waals surface area (Å²) in [6.45, 7) is 0. The molecule has 3 aromatic rings. The molecule has 0 amide bonds. The summed E-state index contributed by atoms with van der Waals surface area (Å²) < 4.78 is 7.47. The van der Waals surface area contributed by atoms with Crippen molar-refractivity contribution in [3.8, 4) is 0 Å². The summed E-state index contributed by atoms with van der Waals surface area (Å²) in [6.07, 6.45) is 10.7. The van der Waals surface area contributed by atoms with E-state index < -0.39 is 5.60 Å². The van der Waals surface area contributed by atoms with E-state index in [1.807, 2.05) is 0 Å². The summed E-state index contributed by atoms with van der Waals surface area (Å²) in [4.78, 5) is 0. The van der Waals surface area contributed by atoms with Gasteiger partial charge >= 0.3 is 0 Å². The van der Waals surface area contributed by atoms with Crippen LogP contribution in [0.5, 0.6) is 0 Å². The van der Waals surface area contributed by atoms with Gasteiger partial charge in [0.25, 0.3) is 0 Å². The van der Waals surface area contributed by atoms with Gasteiger partial charge in [0.05, 0.1) is 6.10 Å². The van der Waals surface area contributed by atoms with Gasteiger partial charge < -0.3 is 4.74 Å². The number of rotatable bonds is 5. The SMILES string of the molecule is C1=C[C@H]2C(OC(c3ccccc3)(c3ccccc3)c3ccccc3)[C@@H]1[C@H]1CCCC[C@H]12. The second-order valence-corrected chi connectivity index (χ2v) is 9.51. The van der Waals surface area contributed by atoms with Gasteiger partial charge in [0.2, 0.25) is 0 Å². The molecule has 0 spiro atoms. The highest BCUT2D eigenvalue weighted by atomic mass is 16.5. The Labute approximate surface area is 185 Å². The first-order valence-electron chi connectivity index (χ1n) is 11.9. The molecule has 0 saturated heterocycles. The molecule has 31 heavy (non-hydrogen) atoms. The minimum absolute atomic E-state index is 0.244. The van der Waals surface area contributed by atoms with Crippen molar-refractivity contribution in [2.45, 2.75) is 37.4 Å². The zero-order valence-electron chi connectivity index (χ0n) is 17.9. The number of hydrogen-bond acceptors (Lipinski definition) is 1. The van der Waals surface area contributed by atoms with Crippen molar-refractivity contribution < 1.29 is 4.74 Å². The third-order valence-corrected chi connectivity index (χ3v) is 8.03. The monoisotopic (exact) mass is 406 g/mol. The van der Waals surface area contributed by atoms with Gasteiger partial charge in [0, 0.05) is 11.8 Å². The Kier molecular flexibility index (Phi) is 4.80. The molecule has 5 atom stereocenters. The first-order chi connectivity index (χ1) is 15.4. The van der Waals surface area contributed by atoms with E-state index in [-0.39, 0.29) is 6.10 Å². The average molecular weight is 407 g/mol. The maximum absolute atomic E-state index is 7.47. The molecule has 0 aliphatic heterocycles. The van der Waals surface area contributed by atoms with Gasteiger partial charge in [-0.25, -0.2) is 0 Å². The van der Waals surface area contributed by atoms with Crippen LogP contribution < -0.4 is 0 Å². The zero-order valence-corrected chi connectivity index (χ0v) is 17.9. The molecular formula is C30H30O. The van der Waals surface area contributed by atoms with E-state index in [9.17, 15) is 0 Å². The van der Waals surface area contributed by atoms with E-state index >= 15 is 0 Å². The van der Waals surface area contributed by atoms with Crippen LogP contribution in [0.15, 0.2) is 103 Å². The number of hydrogen-bond donors (Lipinski definition) is 0. The molecular weight excluding hydrogens is 376 g/mol. The third kappa shape index (κ3) is 3.02. The van der Waals surface area contributed by atoms with Crippen LogP contribution in [0.25, 0.3) is 0 Å². The molecule has 0 heterocycles. The maximum atomic E-state index is 7.47. The van der Waals surface area contributed by atoms with E-state index in [2.05, 4.69) is 103 Å². The maximum Gasteiger partial charge on any atom is 0.144 e. The molecule has 2 bridgehead atoms. The molecule has 2 fully saturated rings. The van der Waals surface area contributed by atoms with Gasteiger partial charge in [-0.05, 0) is 41.4 Å². The van der Waals surface area contributed by atoms with E-state index in [1.165, 1.54) is 42.4 Å². The van der Waals surface area contributed by atoms with Crippen molar-refractivity contribution in [3.05, 3.63) is 120 Å². The Morgan fingerprint density at radius 2 is 0.935 bits per heavy atom. The van der Waals surface area contributed by atoms with Crippen LogP contribution in [-0.2, 0) is 10.3 Å². The van der Waals surface area contributed by atoms with E-state index in [4.69, 9.17) is 4.74 Å². The Balaban J connectivity index is 1.52. The molecule has 3 aromatic carbocycles. The lowest BCUT2D eigenvalue weighted by Crippen LogP contribution is -2.39. The predicted octanol–water partition coefficient (Wildman–Crippen LogP) is 6.99. The lowest BCUT2D eigenvalue weighted by molar-refractivity contribution is -0.0681. The lowest BCUT2D eigenvalue weighted by atomic mass is 9.73. The summed E-state index contributed by atoms with van der Waals surface area (Å²) in [7, 11) is 0. The van der Waals surface area contributed by atoms with Crippen LogP contribution in [0.4, 0.5) is 0 Å². The second-order valence-electron chi connectivity index (χ2n) is 9.51. The van der Waals surface area contributed by atoms with Gasteiger partial charge in [-0.2, -0.15) is 0 Å². The number of benzene rings is 3. The van der Waals surface area contributed by atoms with Gasteiger partial charge in [-0.15, -0.1) is 0 Å². The van der Waals surface area contributed by atoms with Gasteiger partial charge in [-0.1, -0.05) is 116 Å². The highest BCUT2D eigenvalue weighted by molar-refractivity contribution is 5.47. The van der Waals surface area contributed by atoms with E-state index in [0.29, 0.717) is 11.8 Å². The lowest BCUT2D eigenvalue weighted by Gasteiger charge is -2.39. The molecule has 3 aliphatic carbocycles. The fourth-order valence-corrected chi connectivity index (χ4v) is 6.73. The van der Waals surface area contributed by atoms with Gasteiger partial charge in [-0.3, -0.25) is 0 Å². The Morgan fingerprint density at radius 1 is 0.548 bits per heavy atom. The molecule has 1 heteroatoms. The molecule has 1 unspecified atom stereocenters. The number of ether oxygens (including phenoxy) is 1. The molecule has 3 aliphatic rings. The smallest absolute Gasteiger partial charge is 0.144 e. The molecule has 156 valence electrons. The van der Waals surface area contributed by atoms with Crippen LogP contribution >= 0.6 is 0 Å². The van der Waals surface area contributed by atoms with E-state index in [0.717, 1.165) is 11.8 Å². The first kappa shape index (κ1) is 19.1. The third-order valence-electron chi connectivity index (χ3n) is 8.03. The molecule has 2 saturated carbocycles. The molecule has 0 radical (unpaired) electrons. The quantitative estimate of drug-likeness (QED) is 0.328. The Hall–Kier alpha value is -2.64. The molecule has 0 N–H and O–H groups in total. The molecule has 0 aromatic heterocycles. The van der Waals surface area contributed by atoms with Gasteiger partial charge in [0.15, 0.2) is 0 Å². The fraction of sp³-hybridized carbons (Fsp3) is 0.333. The van der Waals surface area contributed by atoms with Crippen LogP contribution in [-0.4, -0.2) is 6.10 Å². The van der Waals surface area contributed by atoms with Crippen molar-refractivity contribution in [1.82, 2.24) is 0 Å². The summed E-state index contributed by atoms with van der Waals surface area (Å²) in [5.74, 6) is 2.69. The standard InChI is InChI=1S/C30H30O/c1-4-12-22(13-5-1)30(23-14-6-2-7-15-23,24-16-8-3-9-17-24)31-29-27-20-21-28(29)26-19-11-10-18-25(26)27/h1-9,12-17,20-21,25-29H,10-11,18-19H2/t25-,26+,27-,28+,29?. The van der Waals surface area contributed by atoms with Crippen molar-refractivity contribution >= 4 is 0 Å². The predicted molar refractivity (Wildman–Crippen MR) is 126 cm³/mol. The second kappa shape index (κ2) is 7.80. The minimum atomic E-state index is -0.607. The largest absolute Gasteiger partial charge is 0.356 e. The van der Waals surface area contributed by atoms with Crippen molar-refractivity contribution in [2.75, 3.05) is 0 Å². The van der Waals surface area contributed by atoms with Crippen LogP contribution in [0.1, 0.15) is 42.4 Å². The van der Waals surface area contributed by atoms with E-state index in [1.54, 1.807) is 0 Å². The van der Waals surface area contributed by atoms with Crippen LogP contribution in [0.3, 0.4) is 0 Å². The summed E-state index contributed by atoms with van der Waals surface area (Å²) >= 11 is 0. The topological polar surface area (TPSA) is 9.23 Å². The summed E-state index contributed by atoms with van der Waals surface area (Å²) in [5, 5.41) is 0. The van der Waals surface area contributed by atoms with Gasteiger partial charge in [0.1, 0.15) is 5.60 Å². The molecule has 1 nitrogen and oxygen atoms in total. The first-order valence-corrected chi connectivity index (χ1v) is 11.9. The zero-order chi connectivity index (χ0) is 20.7. The average Bonchev–Trinajstić information content (AvgIpc) is 3.40.